The molecule has 0 heterocycles. The molecule has 82 valence electrons. The quantitative estimate of drug-likeness (QED) is 0.372. The molecule has 0 spiro atoms. The molecule has 0 N–H and O–H groups in total. The average Bonchev–Trinajstić information content (AvgIpc) is 2.23. The van der Waals surface area contributed by atoms with E-state index in [-0.39, 0.29) is 5.97 Å². The summed E-state index contributed by atoms with van der Waals surface area (Å²) in [5.41, 5.74) is 0. The summed E-state index contributed by atoms with van der Waals surface area (Å²) in [4.78, 5) is 10.7. The number of carbonyl (C=O) groups is 1. The van der Waals surface area contributed by atoms with E-state index in [0.717, 1.165) is 0 Å². The van der Waals surface area contributed by atoms with Gasteiger partial charge in [-0.3, -0.25) is 0 Å². The molecule has 0 radical (unpaired) electrons. The van der Waals surface area contributed by atoms with Crippen molar-refractivity contribution in [3.63, 3.8) is 0 Å². The van der Waals surface area contributed by atoms with Crippen molar-refractivity contribution in [1.82, 2.24) is 0 Å². The maximum Gasteiger partial charge on any atom is 0.330 e. The third-order valence-electron chi connectivity index (χ3n) is 2.08. The summed E-state index contributed by atoms with van der Waals surface area (Å²) in [5.74, 6) is -0.929. The molecule has 0 aliphatic carbocycles. The second-order valence-electron chi connectivity index (χ2n) is 3.01. The van der Waals surface area contributed by atoms with E-state index in [1.807, 2.05) is 6.92 Å². The van der Waals surface area contributed by atoms with E-state index < -0.39 is 5.79 Å². The Morgan fingerprint density at radius 3 is 2.29 bits per heavy atom. The van der Waals surface area contributed by atoms with Crippen LogP contribution in [0.2, 0.25) is 0 Å². The van der Waals surface area contributed by atoms with Gasteiger partial charge in [-0.1, -0.05) is 6.08 Å². The van der Waals surface area contributed by atoms with Crippen molar-refractivity contribution in [1.29, 1.82) is 0 Å². The first kappa shape index (κ1) is 13.1. The number of esters is 1. The lowest BCUT2D eigenvalue weighted by atomic mass is 10.1. The topological polar surface area (TPSA) is 44.8 Å². The first-order valence-corrected chi connectivity index (χ1v) is 4.43. The van der Waals surface area contributed by atoms with Gasteiger partial charge in [0.2, 0.25) is 0 Å². The minimum Gasteiger partial charge on any atom is -0.466 e. The van der Waals surface area contributed by atoms with E-state index in [2.05, 4.69) is 4.74 Å². The van der Waals surface area contributed by atoms with Crippen molar-refractivity contribution >= 4 is 5.97 Å². The van der Waals surface area contributed by atoms with Crippen molar-refractivity contribution in [3.05, 3.63) is 12.2 Å². The van der Waals surface area contributed by atoms with Crippen molar-refractivity contribution in [2.45, 2.75) is 25.6 Å². The molecule has 0 aliphatic rings. The second kappa shape index (κ2) is 6.56. The number of hydrogen-bond donors (Lipinski definition) is 0. The zero-order valence-corrected chi connectivity index (χ0v) is 9.20. The number of hydrogen-bond acceptors (Lipinski definition) is 4. The van der Waals surface area contributed by atoms with Gasteiger partial charge >= 0.3 is 5.97 Å². The predicted molar refractivity (Wildman–Crippen MR) is 52.8 cm³/mol. The third-order valence-corrected chi connectivity index (χ3v) is 2.08. The molecule has 0 saturated carbocycles. The van der Waals surface area contributed by atoms with E-state index in [0.29, 0.717) is 12.8 Å². The average molecular weight is 202 g/mol. The summed E-state index contributed by atoms with van der Waals surface area (Å²) in [6, 6.07) is 0. The van der Waals surface area contributed by atoms with Gasteiger partial charge < -0.3 is 14.2 Å². The van der Waals surface area contributed by atoms with E-state index in [4.69, 9.17) is 9.47 Å². The molecule has 0 aromatic rings. The number of methoxy groups -OCH3 is 3. The number of rotatable bonds is 6. The smallest absolute Gasteiger partial charge is 0.330 e. The van der Waals surface area contributed by atoms with Gasteiger partial charge in [0.05, 0.1) is 7.11 Å². The van der Waals surface area contributed by atoms with E-state index in [1.165, 1.54) is 13.2 Å². The molecule has 0 atom stereocenters. The molecule has 0 saturated heterocycles. The Labute approximate surface area is 84.8 Å². The van der Waals surface area contributed by atoms with Gasteiger partial charge in [0.15, 0.2) is 5.79 Å². The summed E-state index contributed by atoms with van der Waals surface area (Å²) in [7, 11) is 4.53. The summed E-state index contributed by atoms with van der Waals surface area (Å²) in [6.45, 7) is 1.85. The Morgan fingerprint density at radius 1 is 1.29 bits per heavy atom. The molecular weight excluding hydrogens is 184 g/mol. The Kier molecular flexibility index (Phi) is 6.16. The fourth-order valence-electron chi connectivity index (χ4n) is 0.881. The van der Waals surface area contributed by atoms with Crippen molar-refractivity contribution in [2.24, 2.45) is 0 Å². The van der Waals surface area contributed by atoms with Crippen LogP contribution in [0.5, 0.6) is 0 Å². The molecule has 0 amide bonds. The summed E-state index contributed by atoms with van der Waals surface area (Å²) in [5, 5.41) is 0. The minimum absolute atomic E-state index is 0.346. The number of allylic oxidation sites excluding steroid dienone is 1. The zero-order chi connectivity index (χ0) is 11.0. The highest BCUT2D eigenvalue weighted by Gasteiger charge is 2.20. The summed E-state index contributed by atoms with van der Waals surface area (Å²) < 4.78 is 14.7. The second-order valence-corrected chi connectivity index (χ2v) is 3.01. The number of ether oxygens (including phenoxy) is 3. The van der Waals surface area contributed by atoms with Crippen LogP contribution >= 0.6 is 0 Å². The van der Waals surface area contributed by atoms with Crippen LogP contribution in [0.4, 0.5) is 0 Å². The van der Waals surface area contributed by atoms with Gasteiger partial charge in [0.25, 0.3) is 0 Å². The lowest BCUT2D eigenvalue weighted by Gasteiger charge is -2.25. The molecule has 0 aromatic heterocycles. The molecule has 0 fully saturated rings. The van der Waals surface area contributed by atoms with Crippen LogP contribution in [0.15, 0.2) is 12.2 Å². The Morgan fingerprint density at radius 2 is 1.86 bits per heavy atom. The first-order chi connectivity index (χ1) is 6.58. The lowest BCUT2D eigenvalue weighted by Crippen LogP contribution is -2.29. The van der Waals surface area contributed by atoms with Crippen LogP contribution in [0.25, 0.3) is 0 Å². The molecule has 4 nitrogen and oxygen atoms in total. The Hall–Kier alpha value is -0.870. The van der Waals surface area contributed by atoms with Crippen LogP contribution < -0.4 is 0 Å². The van der Waals surface area contributed by atoms with Crippen molar-refractivity contribution in [2.75, 3.05) is 21.3 Å². The molecular formula is C10H18O4. The monoisotopic (exact) mass is 202 g/mol. The highest BCUT2D eigenvalue weighted by Crippen LogP contribution is 2.17. The van der Waals surface area contributed by atoms with Gasteiger partial charge in [0.1, 0.15) is 0 Å². The largest absolute Gasteiger partial charge is 0.466 e. The van der Waals surface area contributed by atoms with Gasteiger partial charge in [-0.25, -0.2) is 4.79 Å². The normalized spacial score (nSPS) is 12.0. The van der Waals surface area contributed by atoms with E-state index in [9.17, 15) is 4.79 Å². The van der Waals surface area contributed by atoms with Crippen molar-refractivity contribution in [3.8, 4) is 0 Å². The lowest BCUT2D eigenvalue weighted by molar-refractivity contribution is -0.196. The van der Waals surface area contributed by atoms with E-state index >= 15 is 0 Å². The van der Waals surface area contributed by atoms with Crippen LogP contribution in [0.3, 0.4) is 0 Å². The fraction of sp³-hybridized carbons (Fsp3) is 0.700. The first-order valence-electron chi connectivity index (χ1n) is 4.43. The van der Waals surface area contributed by atoms with Gasteiger partial charge in [-0.15, -0.1) is 0 Å². The van der Waals surface area contributed by atoms with Crippen molar-refractivity contribution < 1.29 is 19.0 Å². The minimum atomic E-state index is -0.583. The fourth-order valence-corrected chi connectivity index (χ4v) is 0.881. The molecule has 0 bridgehead atoms. The predicted octanol–water partition coefficient (Wildman–Crippen LogP) is 1.50. The highest BCUT2D eigenvalue weighted by molar-refractivity contribution is 5.81. The highest BCUT2D eigenvalue weighted by atomic mass is 16.7. The SMILES string of the molecule is COC(=O)/C=C/CCC(C)(OC)OC. The van der Waals surface area contributed by atoms with Crippen LogP contribution in [-0.4, -0.2) is 33.1 Å². The molecule has 0 rings (SSSR count). The maximum absolute atomic E-state index is 10.7. The summed E-state index contributed by atoms with van der Waals surface area (Å²) in [6.07, 6.45) is 4.52. The van der Waals surface area contributed by atoms with Gasteiger partial charge in [-0.2, -0.15) is 0 Å². The molecule has 0 aromatic carbocycles. The maximum atomic E-state index is 10.7. The zero-order valence-electron chi connectivity index (χ0n) is 9.20. The van der Waals surface area contributed by atoms with Crippen LogP contribution in [-0.2, 0) is 19.0 Å². The van der Waals surface area contributed by atoms with E-state index in [1.54, 1.807) is 20.3 Å². The standard InChI is InChI=1S/C10H18O4/c1-10(13-3,14-4)8-6-5-7-9(11)12-2/h5,7H,6,8H2,1-4H3/b7-5+. The summed E-state index contributed by atoms with van der Waals surface area (Å²) >= 11 is 0. The van der Waals surface area contributed by atoms with Gasteiger partial charge in [0, 0.05) is 26.7 Å². The molecule has 0 unspecified atom stereocenters. The molecule has 0 aliphatic heterocycles. The van der Waals surface area contributed by atoms with Crippen LogP contribution in [0.1, 0.15) is 19.8 Å². The Bertz CT molecular complexity index is 194. The number of carbonyl (C=O) groups excluding carboxylic acids is 1. The van der Waals surface area contributed by atoms with Crippen LogP contribution in [0, 0.1) is 0 Å². The molecule has 14 heavy (non-hydrogen) atoms. The van der Waals surface area contributed by atoms with Gasteiger partial charge in [-0.05, 0) is 13.3 Å². The molecule has 4 heteroatoms. The third kappa shape index (κ3) is 4.99. The Balaban J connectivity index is 3.82.